The molecule has 0 bridgehead atoms. The second-order valence-electron chi connectivity index (χ2n) is 10.5. The molecule has 0 radical (unpaired) electrons. The lowest BCUT2D eigenvalue weighted by molar-refractivity contribution is -0.126. The van der Waals surface area contributed by atoms with E-state index in [9.17, 15) is 9.18 Å². The van der Waals surface area contributed by atoms with E-state index < -0.39 is 11.6 Å². The maximum absolute atomic E-state index is 16.0. The fourth-order valence-corrected chi connectivity index (χ4v) is 6.62. The number of fused-ring (bicyclic) bond motifs is 3. The van der Waals surface area contributed by atoms with Crippen molar-refractivity contribution in [1.82, 2.24) is 29.5 Å². The molecule has 1 amide bonds. The first kappa shape index (κ1) is 28.7. The monoisotopic (exact) mass is 624 g/mol. The third-order valence-corrected chi connectivity index (χ3v) is 8.72. The molecule has 0 fully saturated rings. The molecule has 5 aromatic heterocycles. The van der Waals surface area contributed by atoms with Crippen molar-refractivity contribution in [2.45, 2.75) is 13.0 Å². The van der Waals surface area contributed by atoms with Gasteiger partial charge < -0.3 is 14.4 Å². The van der Waals surface area contributed by atoms with Gasteiger partial charge in [-0.2, -0.15) is 0 Å². The highest BCUT2D eigenvalue weighted by atomic mass is 32.1. The highest BCUT2D eigenvalue weighted by molar-refractivity contribution is 7.18. The van der Waals surface area contributed by atoms with Crippen LogP contribution in [0.15, 0.2) is 73.2 Å². The van der Waals surface area contributed by atoms with Gasteiger partial charge in [-0.25, -0.2) is 13.8 Å². The minimum atomic E-state index is -0.785. The van der Waals surface area contributed by atoms with E-state index in [-0.39, 0.29) is 30.4 Å². The first-order valence-corrected chi connectivity index (χ1v) is 15.0. The van der Waals surface area contributed by atoms with E-state index in [0.29, 0.717) is 47.7 Å². The van der Waals surface area contributed by atoms with Crippen molar-refractivity contribution in [3.8, 4) is 39.4 Å². The Labute approximate surface area is 260 Å². The van der Waals surface area contributed by atoms with Gasteiger partial charge >= 0.3 is 0 Å². The Morgan fingerprint density at radius 3 is 2.84 bits per heavy atom. The summed E-state index contributed by atoms with van der Waals surface area (Å²) < 4.78 is 44.1. The zero-order valence-corrected chi connectivity index (χ0v) is 25.0. The molecule has 6 heterocycles. The number of carbonyl (C=O) groups is 1. The van der Waals surface area contributed by atoms with Gasteiger partial charge in [0, 0.05) is 83.6 Å². The lowest BCUT2D eigenvalue weighted by Crippen LogP contribution is -2.35. The fraction of sp³-hybridized carbons (Fsp3) is 0.182. The minimum absolute atomic E-state index is 0.0367. The average molecular weight is 625 g/mol. The van der Waals surface area contributed by atoms with E-state index in [0.717, 1.165) is 33.0 Å². The highest BCUT2D eigenvalue weighted by Crippen LogP contribution is 2.47. The number of rotatable bonds is 8. The third kappa shape index (κ3) is 5.21. The van der Waals surface area contributed by atoms with Crippen LogP contribution < -0.4 is 4.74 Å². The predicted octanol–water partition coefficient (Wildman–Crippen LogP) is 6.11. The van der Waals surface area contributed by atoms with Crippen LogP contribution in [0.1, 0.15) is 11.3 Å². The molecule has 1 aliphatic heterocycles. The van der Waals surface area contributed by atoms with Crippen LogP contribution in [0.25, 0.3) is 49.4 Å². The van der Waals surface area contributed by atoms with E-state index in [1.807, 2.05) is 35.8 Å². The Hall–Kier alpha value is -5.07. The predicted molar refractivity (Wildman–Crippen MR) is 167 cm³/mol. The molecule has 0 spiro atoms. The number of benzene rings is 1. The fourth-order valence-electron chi connectivity index (χ4n) is 5.67. The van der Waals surface area contributed by atoms with Crippen LogP contribution in [0, 0.1) is 11.6 Å². The summed E-state index contributed by atoms with van der Waals surface area (Å²) >= 11 is 1.42. The third-order valence-electron chi connectivity index (χ3n) is 7.79. The number of amides is 1. The van der Waals surface area contributed by atoms with Gasteiger partial charge in [-0.05, 0) is 41.3 Å². The second-order valence-corrected chi connectivity index (χ2v) is 11.4. The van der Waals surface area contributed by atoms with Gasteiger partial charge in [-0.15, -0.1) is 21.5 Å². The first-order valence-electron chi connectivity index (χ1n) is 14.2. The van der Waals surface area contributed by atoms with E-state index in [1.165, 1.54) is 30.6 Å². The summed E-state index contributed by atoms with van der Waals surface area (Å²) in [5.41, 5.74) is 5.46. The summed E-state index contributed by atoms with van der Waals surface area (Å²) in [7, 11) is 1.52. The van der Waals surface area contributed by atoms with E-state index in [1.54, 1.807) is 21.8 Å². The number of aromatic nitrogens is 5. The van der Waals surface area contributed by atoms with Gasteiger partial charge in [0.05, 0.1) is 23.6 Å². The molecule has 9 nitrogen and oxygen atoms in total. The van der Waals surface area contributed by atoms with Crippen LogP contribution in [0.5, 0.6) is 5.75 Å². The SMILES string of the molecule is C=CC(=O)N1CCc2ncc(-c3nc(-c4ccc5nncn5c4)c4ccsc4c3-c3c(F)cc(F)cc3OCCOC)cc2C1. The van der Waals surface area contributed by atoms with Crippen molar-refractivity contribution < 1.29 is 23.0 Å². The van der Waals surface area contributed by atoms with Gasteiger partial charge in [0.1, 0.15) is 30.3 Å². The van der Waals surface area contributed by atoms with E-state index in [4.69, 9.17) is 19.4 Å². The molecule has 226 valence electrons. The Bertz CT molecular complexity index is 2110. The minimum Gasteiger partial charge on any atom is -0.490 e. The Morgan fingerprint density at radius 2 is 2.00 bits per heavy atom. The molecular formula is C33H26F2N6O3S. The van der Waals surface area contributed by atoms with Gasteiger partial charge in [-0.1, -0.05) is 6.58 Å². The zero-order valence-electron chi connectivity index (χ0n) is 24.2. The Balaban J connectivity index is 1.50. The molecule has 7 rings (SSSR count). The van der Waals surface area contributed by atoms with Crippen LogP contribution in [0.4, 0.5) is 8.78 Å². The van der Waals surface area contributed by atoms with Crippen molar-refractivity contribution in [3.63, 3.8) is 0 Å². The number of methoxy groups -OCH3 is 1. The molecular weight excluding hydrogens is 598 g/mol. The number of hydrogen-bond donors (Lipinski definition) is 0. The highest BCUT2D eigenvalue weighted by Gasteiger charge is 2.27. The number of nitrogens with zero attached hydrogens (tertiary/aromatic N) is 6. The topological polar surface area (TPSA) is 94.7 Å². The van der Waals surface area contributed by atoms with Crippen LogP contribution >= 0.6 is 11.3 Å². The smallest absolute Gasteiger partial charge is 0.246 e. The molecule has 1 aliphatic rings. The molecule has 12 heteroatoms. The molecule has 0 atom stereocenters. The summed E-state index contributed by atoms with van der Waals surface area (Å²) in [6, 6.07) is 9.66. The first-order chi connectivity index (χ1) is 21.9. The molecule has 0 N–H and O–H groups in total. The molecule has 0 unspecified atom stereocenters. The Morgan fingerprint density at radius 1 is 1.11 bits per heavy atom. The molecule has 0 aliphatic carbocycles. The number of hydrogen-bond acceptors (Lipinski definition) is 8. The molecule has 0 saturated heterocycles. The largest absolute Gasteiger partial charge is 0.490 e. The number of pyridine rings is 3. The number of halogens is 2. The quantitative estimate of drug-likeness (QED) is 0.149. The van der Waals surface area contributed by atoms with E-state index >= 15 is 4.39 Å². The summed E-state index contributed by atoms with van der Waals surface area (Å²) in [4.78, 5) is 24.1. The lowest BCUT2D eigenvalue weighted by atomic mass is 9.94. The summed E-state index contributed by atoms with van der Waals surface area (Å²) in [6.07, 6.45) is 7.11. The van der Waals surface area contributed by atoms with Crippen LogP contribution in [0.2, 0.25) is 0 Å². The number of ether oxygens (including phenoxy) is 2. The molecule has 6 aromatic rings. The van der Waals surface area contributed by atoms with Gasteiger partial charge in [0.2, 0.25) is 5.91 Å². The molecule has 1 aromatic carbocycles. The van der Waals surface area contributed by atoms with Gasteiger partial charge in [-0.3, -0.25) is 14.2 Å². The summed E-state index contributed by atoms with van der Waals surface area (Å²) in [5.74, 6) is -1.67. The number of thiophene rings is 1. The number of carbonyl (C=O) groups excluding carboxylic acids is 1. The van der Waals surface area contributed by atoms with Crippen LogP contribution in [0.3, 0.4) is 0 Å². The maximum atomic E-state index is 16.0. The maximum Gasteiger partial charge on any atom is 0.246 e. The molecule has 0 saturated carbocycles. The van der Waals surface area contributed by atoms with Crippen LogP contribution in [-0.4, -0.2) is 62.2 Å². The zero-order chi connectivity index (χ0) is 31.1. The second kappa shape index (κ2) is 11.8. The summed E-state index contributed by atoms with van der Waals surface area (Å²) in [6.45, 7) is 4.83. The lowest BCUT2D eigenvalue weighted by Gasteiger charge is -2.27. The normalized spacial score (nSPS) is 12.9. The molecule has 45 heavy (non-hydrogen) atoms. The van der Waals surface area contributed by atoms with Crippen molar-refractivity contribution in [2.75, 3.05) is 26.9 Å². The van der Waals surface area contributed by atoms with Crippen molar-refractivity contribution in [2.24, 2.45) is 0 Å². The Kier molecular flexibility index (Phi) is 7.51. The van der Waals surface area contributed by atoms with Crippen molar-refractivity contribution >= 4 is 33.0 Å². The van der Waals surface area contributed by atoms with Gasteiger partial charge in [0.15, 0.2) is 5.65 Å². The summed E-state index contributed by atoms with van der Waals surface area (Å²) in [5, 5.41) is 10.8. The van der Waals surface area contributed by atoms with Crippen LogP contribution in [-0.2, 0) is 22.5 Å². The average Bonchev–Trinajstić information content (AvgIpc) is 3.73. The van der Waals surface area contributed by atoms with Crippen molar-refractivity contribution in [3.05, 3.63) is 96.0 Å². The van der Waals surface area contributed by atoms with Crippen molar-refractivity contribution in [1.29, 1.82) is 0 Å². The van der Waals surface area contributed by atoms with Gasteiger partial charge in [0.25, 0.3) is 0 Å². The standard InChI is InChI=1S/C33H26F2N6O3S/c1-3-28(42)40-8-6-25-21(17-40)12-20(15-36-25)32-30(29-24(35)13-22(34)14-26(29)44-10-9-43-2)33-23(7-11-45-33)31(38-32)19-4-5-27-39-37-18-41(27)16-19/h3-5,7,11-16,18H,1,6,8-10,17H2,2H3. The van der Waals surface area contributed by atoms with E-state index in [2.05, 4.69) is 16.8 Å².